The number of nitrogens with zero attached hydrogens (tertiary/aromatic N) is 2. The molecule has 2 aromatic rings. The van der Waals surface area contributed by atoms with Crippen molar-refractivity contribution in [2.75, 3.05) is 6.61 Å². The van der Waals surface area contributed by atoms with Crippen LogP contribution in [0.5, 0.6) is 0 Å². The Morgan fingerprint density at radius 1 is 1.15 bits per heavy atom. The Labute approximate surface area is 119 Å². The number of aromatic nitrogens is 2. The summed E-state index contributed by atoms with van der Waals surface area (Å²) in [4.78, 5) is 9.31. The summed E-state index contributed by atoms with van der Waals surface area (Å²) in [7, 11) is 0. The van der Waals surface area contributed by atoms with Gasteiger partial charge in [0.2, 0.25) is 0 Å². The average Bonchev–Trinajstić information content (AvgIpc) is 2.37. The topological polar surface area (TPSA) is 46.0 Å². The largest absolute Gasteiger partial charge is 0.395 e. The average molecular weight is 268 g/mol. The standard InChI is InChI=1S/C17H20N2O/c1-12-5-3-6-14(9-12)15-10-13(2)18-16(19-15)17(11-20)7-4-8-17/h3,5-6,9-10,20H,4,7-8,11H2,1-2H3. The molecule has 0 bridgehead atoms. The first-order chi connectivity index (χ1) is 9.63. The van der Waals surface area contributed by atoms with Crippen molar-refractivity contribution in [3.63, 3.8) is 0 Å². The molecule has 0 aliphatic heterocycles. The molecule has 1 heterocycles. The van der Waals surface area contributed by atoms with E-state index in [1.807, 2.05) is 19.1 Å². The van der Waals surface area contributed by atoms with Gasteiger partial charge < -0.3 is 5.11 Å². The first-order valence-electron chi connectivity index (χ1n) is 7.17. The monoisotopic (exact) mass is 268 g/mol. The van der Waals surface area contributed by atoms with Gasteiger partial charge in [0.25, 0.3) is 0 Å². The Morgan fingerprint density at radius 2 is 1.95 bits per heavy atom. The van der Waals surface area contributed by atoms with Crippen LogP contribution in [0.15, 0.2) is 30.3 Å². The van der Waals surface area contributed by atoms with Gasteiger partial charge in [0.05, 0.1) is 17.7 Å². The Morgan fingerprint density at radius 3 is 2.55 bits per heavy atom. The number of rotatable bonds is 3. The van der Waals surface area contributed by atoms with Crippen molar-refractivity contribution in [3.8, 4) is 11.3 Å². The lowest BCUT2D eigenvalue weighted by molar-refractivity contribution is 0.112. The fraction of sp³-hybridized carbons (Fsp3) is 0.412. The van der Waals surface area contributed by atoms with Gasteiger partial charge in [-0.05, 0) is 38.8 Å². The van der Waals surface area contributed by atoms with Gasteiger partial charge in [-0.25, -0.2) is 9.97 Å². The maximum Gasteiger partial charge on any atom is 0.137 e. The molecule has 0 amide bonds. The van der Waals surface area contributed by atoms with E-state index in [-0.39, 0.29) is 12.0 Å². The number of aryl methyl sites for hydroxylation is 2. The minimum atomic E-state index is -0.204. The van der Waals surface area contributed by atoms with Gasteiger partial charge in [0.15, 0.2) is 0 Å². The van der Waals surface area contributed by atoms with E-state index in [1.54, 1.807) is 0 Å². The van der Waals surface area contributed by atoms with Gasteiger partial charge in [-0.15, -0.1) is 0 Å². The summed E-state index contributed by atoms with van der Waals surface area (Å²) in [6.07, 6.45) is 3.12. The van der Waals surface area contributed by atoms with Gasteiger partial charge in [-0.3, -0.25) is 0 Å². The van der Waals surface area contributed by atoms with Gasteiger partial charge in [-0.2, -0.15) is 0 Å². The van der Waals surface area contributed by atoms with E-state index >= 15 is 0 Å². The Bertz CT molecular complexity index is 627. The molecule has 1 aromatic carbocycles. The van der Waals surface area contributed by atoms with Crippen LogP contribution >= 0.6 is 0 Å². The second kappa shape index (κ2) is 4.98. The number of aliphatic hydroxyl groups excluding tert-OH is 1. The normalized spacial score (nSPS) is 16.8. The van der Waals surface area contributed by atoms with Gasteiger partial charge in [-0.1, -0.05) is 30.2 Å². The van der Waals surface area contributed by atoms with E-state index in [2.05, 4.69) is 30.1 Å². The molecule has 1 fully saturated rings. The van der Waals surface area contributed by atoms with Crippen LogP contribution in [0, 0.1) is 13.8 Å². The first-order valence-corrected chi connectivity index (χ1v) is 7.17. The number of hydrogen-bond donors (Lipinski definition) is 1. The van der Waals surface area contributed by atoms with Gasteiger partial charge in [0, 0.05) is 11.3 Å². The van der Waals surface area contributed by atoms with E-state index in [4.69, 9.17) is 4.98 Å². The van der Waals surface area contributed by atoms with Crippen LogP contribution in [0.4, 0.5) is 0 Å². The molecule has 1 aliphatic carbocycles. The fourth-order valence-corrected chi connectivity index (χ4v) is 2.81. The lowest BCUT2D eigenvalue weighted by Crippen LogP contribution is -2.40. The van der Waals surface area contributed by atoms with Crippen molar-refractivity contribution in [2.24, 2.45) is 0 Å². The molecule has 1 aromatic heterocycles. The van der Waals surface area contributed by atoms with Crippen molar-refractivity contribution in [2.45, 2.75) is 38.5 Å². The molecule has 0 saturated heterocycles. The van der Waals surface area contributed by atoms with E-state index in [0.29, 0.717) is 0 Å². The summed E-state index contributed by atoms with van der Waals surface area (Å²) in [6.45, 7) is 4.22. The molecule has 0 spiro atoms. The number of hydrogen-bond acceptors (Lipinski definition) is 3. The van der Waals surface area contributed by atoms with Gasteiger partial charge >= 0.3 is 0 Å². The Kier molecular flexibility index (Phi) is 3.30. The smallest absolute Gasteiger partial charge is 0.137 e. The zero-order valence-electron chi connectivity index (χ0n) is 12.1. The third-order valence-corrected chi connectivity index (χ3v) is 4.26. The van der Waals surface area contributed by atoms with Crippen LogP contribution < -0.4 is 0 Å². The summed E-state index contributed by atoms with van der Waals surface area (Å²) < 4.78 is 0. The zero-order chi connectivity index (χ0) is 14.2. The van der Waals surface area contributed by atoms with E-state index < -0.39 is 0 Å². The van der Waals surface area contributed by atoms with Crippen LogP contribution in [0.3, 0.4) is 0 Å². The van der Waals surface area contributed by atoms with Crippen LogP contribution in [0.25, 0.3) is 11.3 Å². The molecule has 3 nitrogen and oxygen atoms in total. The molecule has 0 atom stereocenters. The van der Waals surface area contributed by atoms with E-state index in [0.717, 1.165) is 42.0 Å². The summed E-state index contributed by atoms with van der Waals surface area (Å²) in [5.41, 5.74) is 4.05. The lowest BCUT2D eigenvalue weighted by Gasteiger charge is -2.38. The summed E-state index contributed by atoms with van der Waals surface area (Å²) >= 11 is 0. The fourth-order valence-electron chi connectivity index (χ4n) is 2.81. The Hall–Kier alpha value is -1.74. The molecule has 104 valence electrons. The molecule has 1 aliphatic rings. The second-order valence-corrected chi connectivity index (χ2v) is 5.88. The lowest BCUT2D eigenvalue weighted by atomic mass is 9.68. The van der Waals surface area contributed by atoms with Crippen LogP contribution in [-0.4, -0.2) is 21.7 Å². The molecule has 3 rings (SSSR count). The highest BCUT2D eigenvalue weighted by Crippen LogP contribution is 2.42. The highest BCUT2D eigenvalue weighted by atomic mass is 16.3. The summed E-state index contributed by atoms with van der Waals surface area (Å²) in [5.74, 6) is 0.808. The van der Waals surface area contributed by atoms with Crippen molar-refractivity contribution < 1.29 is 5.11 Å². The van der Waals surface area contributed by atoms with Crippen molar-refractivity contribution in [3.05, 3.63) is 47.4 Å². The molecule has 1 saturated carbocycles. The second-order valence-electron chi connectivity index (χ2n) is 5.88. The highest BCUT2D eigenvalue weighted by molar-refractivity contribution is 5.60. The zero-order valence-corrected chi connectivity index (χ0v) is 12.1. The SMILES string of the molecule is Cc1cccc(-c2cc(C)nc(C3(CO)CCC3)n2)c1. The van der Waals surface area contributed by atoms with E-state index in [9.17, 15) is 5.11 Å². The molecule has 0 unspecified atom stereocenters. The molecular formula is C17H20N2O. The third kappa shape index (κ3) is 2.22. The number of aliphatic hydroxyl groups is 1. The summed E-state index contributed by atoms with van der Waals surface area (Å²) in [5, 5.41) is 9.71. The Balaban J connectivity index is 2.07. The van der Waals surface area contributed by atoms with Crippen LogP contribution in [-0.2, 0) is 5.41 Å². The molecular weight excluding hydrogens is 248 g/mol. The molecule has 1 N–H and O–H groups in total. The minimum absolute atomic E-state index is 0.143. The predicted molar refractivity (Wildman–Crippen MR) is 79.6 cm³/mol. The summed E-state index contributed by atoms with van der Waals surface area (Å²) in [6, 6.07) is 10.4. The predicted octanol–water partition coefficient (Wildman–Crippen LogP) is 3.17. The third-order valence-electron chi connectivity index (χ3n) is 4.26. The van der Waals surface area contributed by atoms with Crippen molar-refractivity contribution in [1.29, 1.82) is 0 Å². The van der Waals surface area contributed by atoms with Crippen molar-refractivity contribution >= 4 is 0 Å². The quantitative estimate of drug-likeness (QED) is 0.930. The minimum Gasteiger partial charge on any atom is -0.395 e. The molecule has 20 heavy (non-hydrogen) atoms. The van der Waals surface area contributed by atoms with Crippen LogP contribution in [0.1, 0.15) is 36.3 Å². The number of benzene rings is 1. The molecule has 0 radical (unpaired) electrons. The molecule has 3 heteroatoms. The van der Waals surface area contributed by atoms with Gasteiger partial charge in [0.1, 0.15) is 5.82 Å². The first kappa shape index (κ1) is 13.3. The van der Waals surface area contributed by atoms with Crippen LogP contribution in [0.2, 0.25) is 0 Å². The highest BCUT2D eigenvalue weighted by Gasteiger charge is 2.41. The maximum absolute atomic E-state index is 9.71. The van der Waals surface area contributed by atoms with E-state index in [1.165, 1.54) is 5.56 Å². The van der Waals surface area contributed by atoms with Crippen molar-refractivity contribution in [1.82, 2.24) is 9.97 Å². The maximum atomic E-state index is 9.71.